The molecule has 0 saturated heterocycles. The molecule has 0 aliphatic heterocycles. The summed E-state index contributed by atoms with van der Waals surface area (Å²) in [5, 5.41) is 5.54. The van der Waals surface area contributed by atoms with E-state index in [1.807, 2.05) is 39.8 Å². The Labute approximate surface area is 207 Å². The lowest BCUT2D eigenvalue weighted by Gasteiger charge is -2.26. The van der Waals surface area contributed by atoms with Crippen molar-refractivity contribution in [3.8, 4) is 0 Å². The highest BCUT2D eigenvalue weighted by molar-refractivity contribution is 7.92. The highest BCUT2D eigenvalue weighted by Crippen LogP contribution is 2.28. The molecule has 3 rings (SSSR count). The Morgan fingerprint density at radius 3 is 2.20 bits per heavy atom. The van der Waals surface area contributed by atoms with E-state index in [9.17, 15) is 18.0 Å². The van der Waals surface area contributed by atoms with Crippen LogP contribution in [0.4, 0.5) is 11.4 Å². The van der Waals surface area contributed by atoms with Crippen LogP contribution in [0.15, 0.2) is 77.7 Å². The zero-order valence-electron chi connectivity index (χ0n) is 20.4. The van der Waals surface area contributed by atoms with Gasteiger partial charge >= 0.3 is 0 Å². The number of nitrogens with zero attached hydrogens (tertiary/aromatic N) is 1. The molecule has 0 heterocycles. The lowest BCUT2D eigenvalue weighted by Crippen LogP contribution is -2.39. The standard InChI is InChI=1S/C27H31N3O4S/c1-5-21-10-6-9-13-25(21)30(35(33,34)22-16-14-20(4)15-17-22)18-26(31)29-24-12-8-7-11-23(24)27(32)28-19(2)3/h6-17,19H,5,18H2,1-4H3,(H,28,32)(H,29,31). The number of carbonyl (C=O) groups is 2. The summed E-state index contributed by atoms with van der Waals surface area (Å²) in [4.78, 5) is 25.9. The van der Waals surface area contributed by atoms with Gasteiger partial charge in [0.1, 0.15) is 6.54 Å². The molecule has 2 N–H and O–H groups in total. The molecule has 0 fully saturated rings. The molecule has 3 aromatic carbocycles. The second-order valence-electron chi connectivity index (χ2n) is 8.53. The van der Waals surface area contributed by atoms with E-state index in [4.69, 9.17) is 0 Å². The maximum atomic E-state index is 13.7. The van der Waals surface area contributed by atoms with E-state index in [1.54, 1.807) is 48.5 Å². The zero-order chi connectivity index (χ0) is 25.6. The van der Waals surface area contributed by atoms with Gasteiger partial charge in [0.2, 0.25) is 5.91 Å². The van der Waals surface area contributed by atoms with E-state index >= 15 is 0 Å². The number of aryl methyl sites for hydroxylation is 2. The van der Waals surface area contributed by atoms with E-state index in [0.29, 0.717) is 23.4 Å². The van der Waals surface area contributed by atoms with Crippen LogP contribution < -0.4 is 14.9 Å². The van der Waals surface area contributed by atoms with Crippen molar-refractivity contribution in [3.63, 3.8) is 0 Å². The highest BCUT2D eigenvalue weighted by Gasteiger charge is 2.29. The number of sulfonamides is 1. The Hall–Kier alpha value is -3.65. The molecule has 0 aliphatic carbocycles. The van der Waals surface area contributed by atoms with Crippen LogP contribution in [-0.2, 0) is 21.2 Å². The van der Waals surface area contributed by atoms with Crippen LogP contribution in [0.5, 0.6) is 0 Å². The van der Waals surface area contributed by atoms with Gasteiger partial charge in [0.25, 0.3) is 15.9 Å². The quantitative estimate of drug-likeness (QED) is 0.458. The fourth-order valence-corrected chi connectivity index (χ4v) is 5.10. The monoisotopic (exact) mass is 493 g/mol. The van der Waals surface area contributed by atoms with Crippen LogP contribution in [0.3, 0.4) is 0 Å². The number of para-hydroxylation sites is 2. The Morgan fingerprint density at radius 2 is 1.54 bits per heavy atom. The van der Waals surface area contributed by atoms with Crippen LogP contribution in [0.1, 0.15) is 42.3 Å². The number of hydrogen-bond donors (Lipinski definition) is 2. The first kappa shape index (κ1) is 26.0. The molecule has 8 heteroatoms. The molecule has 35 heavy (non-hydrogen) atoms. The molecule has 184 valence electrons. The Balaban J connectivity index is 1.97. The lowest BCUT2D eigenvalue weighted by atomic mass is 10.1. The molecule has 3 aromatic rings. The molecule has 0 bridgehead atoms. The fourth-order valence-electron chi connectivity index (χ4n) is 3.64. The van der Waals surface area contributed by atoms with Crippen molar-refractivity contribution < 1.29 is 18.0 Å². The number of hydrogen-bond acceptors (Lipinski definition) is 4. The largest absolute Gasteiger partial charge is 0.350 e. The van der Waals surface area contributed by atoms with Crippen molar-refractivity contribution >= 4 is 33.2 Å². The molecule has 0 radical (unpaired) electrons. The minimum absolute atomic E-state index is 0.0769. The number of benzene rings is 3. The summed E-state index contributed by atoms with van der Waals surface area (Å²) < 4.78 is 28.5. The van der Waals surface area contributed by atoms with Gasteiger partial charge in [-0.15, -0.1) is 0 Å². The van der Waals surface area contributed by atoms with Gasteiger partial charge in [-0.05, 0) is 63.1 Å². The normalized spacial score (nSPS) is 11.2. The first-order valence-electron chi connectivity index (χ1n) is 11.5. The van der Waals surface area contributed by atoms with Crippen LogP contribution in [0.2, 0.25) is 0 Å². The predicted molar refractivity (Wildman–Crippen MR) is 139 cm³/mol. The molecule has 0 spiro atoms. The summed E-state index contributed by atoms with van der Waals surface area (Å²) in [6.45, 7) is 7.05. The van der Waals surface area contributed by atoms with Gasteiger partial charge in [-0.1, -0.05) is 55.0 Å². The number of anilines is 2. The summed E-state index contributed by atoms with van der Waals surface area (Å²) in [7, 11) is -4.04. The van der Waals surface area contributed by atoms with Crippen LogP contribution in [0.25, 0.3) is 0 Å². The first-order valence-corrected chi connectivity index (χ1v) is 12.9. The number of carbonyl (C=O) groups excluding carboxylic acids is 2. The molecule has 0 aromatic heterocycles. The van der Waals surface area contributed by atoms with E-state index < -0.39 is 22.5 Å². The molecular weight excluding hydrogens is 462 g/mol. The van der Waals surface area contributed by atoms with Crippen LogP contribution in [-0.4, -0.2) is 32.8 Å². The Bertz CT molecular complexity index is 1300. The number of rotatable bonds is 9. The van der Waals surface area contributed by atoms with Crippen LogP contribution in [0, 0.1) is 6.92 Å². The zero-order valence-corrected chi connectivity index (χ0v) is 21.2. The van der Waals surface area contributed by atoms with Crippen LogP contribution >= 0.6 is 0 Å². The van der Waals surface area contributed by atoms with Crippen molar-refractivity contribution in [2.45, 2.75) is 45.1 Å². The summed E-state index contributed by atoms with van der Waals surface area (Å²) >= 11 is 0. The highest BCUT2D eigenvalue weighted by atomic mass is 32.2. The summed E-state index contributed by atoms with van der Waals surface area (Å²) in [6, 6.07) is 20.2. The fraction of sp³-hybridized carbons (Fsp3) is 0.259. The minimum atomic E-state index is -4.04. The number of nitrogens with one attached hydrogen (secondary N) is 2. The minimum Gasteiger partial charge on any atom is -0.350 e. The van der Waals surface area contributed by atoms with Gasteiger partial charge in [-0.25, -0.2) is 8.42 Å². The maximum Gasteiger partial charge on any atom is 0.264 e. The Kier molecular flexibility index (Phi) is 8.30. The van der Waals surface area contributed by atoms with Gasteiger partial charge in [-0.3, -0.25) is 13.9 Å². The van der Waals surface area contributed by atoms with Crippen molar-refractivity contribution in [1.29, 1.82) is 0 Å². The molecule has 2 amide bonds. The summed E-state index contributed by atoms with van der Waals surface area (Å²) in [5.41, 5.74) is 2.78. The van der Waals surface area contributed by atoms with Crippen molar-refractivity contribution in [2.24, 2.45) is 0 Å². The van der Waals surface area contributed by atoms with E-state index in [2.05, 4.69) is 10.6 Å². The Morgan fingerprint density at radius 1 is 0.914 bits per heavy atom. The molecule has 7 nitrogen and oxygen atoms in total. The van der Waals surface area contributed by atoms with Gasteiger partial charge < -0.3 is 10.6 Å². The molecule has 0 atom stereocenters. The lowest BCUT2D eigenvalue weighted by molar-refractivity contribution is -0.114. The SMILES string of the molecule is CCc1ccccc1N(CC(=O)Nc1ccccc1C(=O)NC(C)C)S(=O)(=O)c1ccc(C)cc1. The second-order valence-corrected chi connectivity index (χ2v) is 10.4. The van der Waals surface area contributed by atoms with E-state index in [0.717, 1.165) is 15.4 Å². The first-order chi connectivity index (χ1) is 16.6. The van der Waals surface area contributed by atoms with Gasteiger partial charge in [0.05, 0.1) is 21.8 Å². The third-order valence-electron chi connectivity index (χ3n) is 5.40. The van der Waals surface area contributed by atoms with E-state index in [1.165, 1.54) is 12.1 Å². The number of amides is 2. The average Bonchev–Trinajstić information content (AvgIpc) is 2.82. The van der Waals surface area contributed by atoms with Crippen molar-refractivity contribution in [3.05, 3.63) is 89.5 Å². The average molecular weight is 494 g/mol. The smallest absolute Gasteiger partial charge is 0.264 e. The second kappa shape index (κ2) is 11.2. The molecular formula is C27H31N3O4S. The molecule has 0 unspecified atom stereocenters. The molecule has 0 saturated carbocycles. The van der Waals surface area contributed by atoms with Gasteiger partial charge in [-0.2, -0.15) is 0 Å². The third-order valence-corrected chi connectivity index (χ3v) is 7.18. The predicted octanol–water partition coefficient (Wildman–Crippen LogP) is 4.53. The van der Waals surface area contributed by atoms with Crippen molar-refractivity contribution in [2.75, 3.05) is 16.2 Å². The third kappa shape index (κ3) is 6.27. The summed E-state index contributed by atoms with van der Waals surface area (Å²) in [5.74, 6) is -0.882. The maximum absolute atomic E-state index is 13.7. The topological polar surface area (TPSA) is 95.6 Å². The summed E-state index contributed by atoms with van der Waals surface area (Å²) in [6.07, 6.45) is 0.593. The van der Waals surface area contributed by atoms with E-state index in [-0.39, 0.29) is 16.8 Å². The van der Waals surface area contributed by atoms with Gasteiger partial charge in [0.15, 0.2) is 0 Å². The van der Waals surface area contributed by atoms with Crippen molar-refractivity contribution in [1.82, 2.24) is 5.32 Å². The molecule has 0 aliphatic rings. The van der Waals surface area contributed by atoms with Gasteiger partial charge in [0, 0.05) is 6.04 Å².